The first-order chi connectivity index (χ1) is 45.1. The molecule has 434 valence electrons. The monoisotopic (exact) mass is 1170 g/mol. The number of rotatable bonds is 9. The van der Waals surface area contributed by atoms with E-state index in [1.54, 1.807) is 0 Å². The Morgan fingerprint density at radius 1 is 0.187 bits per heavy atom. The lowest BCUT2D eigenvalue weighted by Gasteiger charge is -2.07. The van der Waals surface area contributed by atoms with Crippen molar-refractivity contribution in [2.24, 2.45) is 0 Å². The van der Waals surface area contributed by atoms with Crippen molar-refractivity contribution in [3.05, 3.63) is 340 Å². The van der Waals surface area contributed by atoms with Crippen molar-refractivity contribution in [2.75, 3.05) is 21.3 Å². The van der Waals surface area contributed by atoms with Gasteiger partial charge < -0.3 is 34.5 Å². The second-order valence-corrected chi connectivity index (χ2v) is 22.3. The topological polar surface area (TPSA) is 87.5 Å². The van der Waals surface area contributed by atoms with Crippen LogP contribution in [-0.4, -0.2) is 0 Å². The SMILES string of the molecule is c1ccc(Nc2ccc(-c3ccccc3)cc2)cc1.c1ccc(Nc2ccc3oc4c5ccccc5ccc4c3c2)cc1.c1ccc(Nc2ccc3oc4ccc5ccccc5c4c3c2)cc1.c1ccc(Nc2cccc3oc4c5ccccc5ccc4c23)cc1. The quantitative estimate of drug-likeness (QED) is 0.115. The maximum atomic E-state index is 6.20. The summed E-state index contributed by atoms with van der Waals surface area (Å²) in [6.45, 7) is 0. The number of para-hydroxylation sites is 4. The van der Waals surface area contributed by atoms with Crippen molar-refractivity contribution in [3.8, 4) is 11.1 Å². The molecule has 0 amide bonds. The second kappa shape index (κ2) is 25.2. The van der Waals surface area contributed by atoms with E-state index in [9.17, 15) is 0 Å². The molecule has 0 saturated carbocycles. The van der Waals surface area contributed by atoms with Crippen LogP contribution in [0.1, 0.15) is 0 Å². The maximum absolute atomic E-state index is 6.20. The molecule has 18 aromatic rings. The zero-order chi connectivity index (χ0) is 60.7. The minimum absolute atomic E-state index is 0.905. The smallest absolute Gasteiger partial charge is 0.143 e. The fourth-order valence-electron chi connectivity index (χ4n) is 12.0. The van der Waals surface area contributed by atoms with Crippen LogP contribution < -0.4 is 21.3 Å². The van der Waals surface area contributed by atoms with Crippen LogP contribution in [-0.2, 0) is 0 Å². The van der Waals surface area contributed by atoms with Gasteiger partial charge in [0, 0.05) is 77.5 Å². The molecule has 4 N–H and O–H groups in total. The van der Waals surface area contributed by atoms with Crippen molar-refractivity contribution in [2.45, 2.75) is 0 Å². The highest BCUT2D eigenvalue weighted by Crippen LogP contribution is 2.41. The van der Waals surface area contributed by atoms with Gasteiger partial charge in [0.15, 0.2) is 0 Å². The van der Waals surface area contributed by atoms with Gasteiger partial charge >= 0.3 is 0 Å². The summed E-state index contributed by atoms with van der Waals surface area (Å²) < 4.78 is 18.4. The predicted octanol–water partition coefficient (Wildman–Crippen LogP) is 24.5. The van der Waals surface area contributed by atoms with E-state index in [0.717, 1.165) is 117 Å². The molecule has 0 spiro atoms. The molecule has 0 radical (unpaired) electrons. The van der Waals surface area contributed by atoms with Gasteiger partial charge in [-0.25, -0.2) is 0 Å². The molecule has 0 aliphatic carbocycles. The van der Waals surface area contributed by atoms with Crippen LogP contribution in [0.4, 0.5) is 45.5 Å². The largest absolute Gasteiger partial charge is 0.456 e. The molecule has 18 rings (SSSR count). The zero-order valence-electron chi connectivity index (χ0n) is 49.6. The van der Waals surface area contributed by atoms with Gasteiger partial charge in [-0.15, -0.1) is 0 Å². The summed E-state index contributed by atoms with van der Waals surface area (Å²) in [5.41, 5.74) is 16.7. The van der Waals surface area contributed by atoms with Crippen LogP contribution in [0, 0.1) is 0 Å². The fourth-order valence-corrected chi connectivity index (χ4v) is 12.0. The van der Waals surface area contributed by atoms with Gasteiger partial charge in [0.05, 0.1) is 11.1 Å². The Morgan fingerprint density at radius 2 is 0.571 bits per heavy atom. The molecule has 0 bridgehead atoms. The Balaban J connectivity index is 0.000000101. The third kappa shape index (κ3) is 11.9. The van der Waals surface area contributed by atoms with E-state index in [4.69, 9.17) is 13.3 Å². The molecule has 3 aromatic heterocycles. The summed E-state index contributed by atoms with van der Waals surface area (Å²) in [4.78, 5) is 0. The number of benzene rings is 15. The fraction of sp³-hybridized carbons (Fsp3) is 0. The van der Waals surface area contributed by atoms with Crippen LogP contribution in [0.25, 0.3) is 109 Å². The van der Waals surface area contributed by atoms with Crippen LogP contribution in [0.5, 0.6) is 0 Å². The van der Waals surface area contributed by atoms with E-state index in [1.165, 1.54) is 38.1 Å². The summed E-state index contributed by atoms with van der Waals surface area (Å²) in [5.74, 6) is 0. The van der Waals surface area contributed by atoms with Gasteiger partial charge in [0.1, 0.15) is 33.5 Å². The molecule has 15 aromatic carbocycles. The van der Waals surface area contributed by atoms with Crippen molar-refractivity contribution in [1.29, 1.82) is 0 Å². The summed E-state index contributed by atoms with van der Waals surface area (Å²) in [6.07, 6.45) is 0. The minimum Gasteiger partial charge on any atom is -0.456 e. The first-order valence-corrected chi connectivity index (χ1v) is 30.5. The van der Waals surface area contributed by atoms with Gasteiger partial charge in [-0.1, -0.05) is 212 Å². The van der Waals surface area contributed by atoms with E-state index < -0.39 is 0 Å². The Kier molecular flexibility index (Phi) is 15.3. The number of nitrogens with one attached hydrogen (secondary N) is 4. The molecule has 7 nitrogen and oxygen atoms in total. The van der Waals surface area contributed by atoms with Crippen LogP contribution in [0.3, 0.4) is 0 Å². The average Bonchev–Trinajstić information content (AvgIpc) is 1.71. The molecule has 0 aliphatic heterocycles. The number of hydrogen-bond donors (Lipinski definition) is 4. The van der Waals surface area contributed by atoms with Crippen LogP contribution in [0.15, 0.2) is 353 Å². The summed E-state index contributed by atoms with van der Waals surface area (Å²) >= 11 is 0. The van der Waals surface area contributed by atoms with Crippen LogP contribution in [0.2, 0.25) is 0 Å². The molecular formula is C84H60N4O3. The highest BCUT2D eigenvalue weighted by Gasteiger charge is 2.15. The lowest BCUT2D eigenvalue weighted by molar-refractivity contribution is 0.669. The highest BCUT2D eigenvalue weighted by atomic mass is 16.3. The average molecular weight is 1170 g/mol. The van der Waals surface area contributed by atoms with E-state index in [0.29, 0.717) is 0 Å². The van der Waals surface area contributed by atoms with Crippen molar-refractivity contribution in [3.63, 3.8) is 0 Å². The normalized spacial score (nSPS) is 11.1. The number of furan rings is 3. The molecule has 0 atom stereocenters. The first kappa shape index (κ1) is 55.3. The lowest BCUT2D eigenvalue weighted by Crippen LogP contribution is -1.89. The highest BCUT2D eigenvalue weighted by molar-refractivity contribution is 6.20. The van der Waals surface area contributed by atoms with Crippen molar-refractivity contribution >= 4 is 144 Å². The second-order valence-electron chi connectivity index (χ2n) is 22.3. The van der Waals surface area contributed by atoms with Crippen molar-refractivity contribution in [1.82, 2.24) is 0 Å². The van der Waals surface area contributed by atoms with Crippen molar-refractivity contribution < 1.29 is 13.3 Å². The summed E-state index contributed by atoms with van der Waals surface area (Å²) in [6, 6.07) is 116. The zero-order valence-corrected chi connectivity index (χ0v) is 49.6. The lowest BCUT2D eigenvalue weighted by atomic mass is 10.0. The van der Waals surface area contributed by atoms with Gasteiger partial charge in [-0.05, 0) is 160 Å². The number of anilines is 8. The third-order valence-electron chi connectivity index (χ3n) is 16.3. The van der Waals surface area contributed by atoms with E-state index in [2.05, 4.69) is 258 Å². The molecular weight excluding hydrogens is 1110 g/mol. The minimum atomic E-state index is 0.905. The molecule has 0 fully saturated rings. The molecule has 91 heavy (non-hydrogen) atoms. The Hall–Kier alpha value is -12.3. The third-order valence-corrected chi connectivity index (χ3v) is 16.3. The van der Waals surface area contributed by atoms with Gasteiger partial charge in [0.2, 0.25) is 0 Å². The van der Waals surface area contributed by atoms with Gasteiger partial charge in [0.25, 0.3) is 0 Å². The van der Waals surface area contributed by atoms with Crippen LogP contribution >= 0.6 is 0 Å². The van der Waals surface area contributed by atoms with Gasteiger partial charge in [-0.2, -0.15) is 0 Å². The Morgan fingerprint density at radius 3 is 1.15 bits per heavy atom. The summed E-state index contributed by atoms with van der Waals surface area (Å²) in [5, 5.41) is 27.8. The standard InChI is InChI=1S/3C22H15NO.C18H15N/c1-2-8-16(9-3-1)23-19-11-6-12-20-21(19)18-14-13-15-7-4-5-10-17(15)22(18)24-20;1-2-7-16(8-3-1)23-17-11-13-20-19(14-17)22-18-9-5-4-6-15(18)10-12-21(22)24-20;1-2-7-16(8-3-1)23-17-11-13-21-20(14-17)19-12-10-15-6-4-5-9-18(15)22(19)24-21;1-3-7-15(8-4-1)16-11-13-18(14-12-16)19-17-9-5-2-6-10-17/h3*1-14,23H;1-14,19H. The van der Waals surface area contributed by atoms with E-state index in [1.807, 2.05) is 103 Å². The number of fused-ring (bicyclic) bond motifs is 15. The summed E-state index contributed by atoms with van der Waals surface area (Å²) in [7, 11) is 0. The maximum Gasteiger partial charge on any atom is 0.143 e. The Bertz CT molecular complexity index is 5510. The molecule has 7 heteroatoms. The predicted molar refractivity (Wildman–Crippen MR) is 384 cm³/mol. The van der Waals surface area contributed by atoms with E-state index >= 15 is 0 Å². The Labute approximate surface area is 526 Å². The molecule has 0 aliphatic rings. The molecule has 0 saturated heterocycles. The van der Waals surface area contributed by atoms with Gasteiger partial charge in [-0.3, -0.25) is 0 Å². The molecule has 3 heterocycles. The van der Waals surface area contributed by atoms with E-state index in [-0.39, 0.29) is 0 Å². The molecule has 0 unspecified atom stereocenters. The first-order valence-electron chi connectivity index (χ1n) is 30.5. The number of hydrogen-bond acceptors (Lipinski definition) is 7.